The van der Waals surface area contributed by atoms with Gasteiger partial charge < -0.3 is 9.47 Å². The first kappa shape index (κ1) is 11.4. The summed E-state index contributed by atoms with van der Waals surface area (Å²) in [6.07, 6.45) is 3.16. The van der Waals surface area contributed by atoms with E-state index < -0.39 is 5.82 Å². The lowest BCUT2D eigenvalue weighted by Gasteiger charge is -2.11. The van der Waals surface area contributed by atoms with Crippen LogP contribution in [0.1, 0.15) is 0 Å². The fourth-order valence-corrected chi connectivity index (χ4v) is 2.14. The smallest absolute Gasteiger partial charge is 0.197 e. The topological polar surface area (TPSA) is 31.4 Å². The predicted octanol–water partition coefficient (Wildman–Crippen LogP) is 3.00. The van der Waals surface area contributed by atoms with Gasteiger partial charge in [0.25, 0.3) is 0 Å². The van der Waals surface area contributed by atoms with Gasteiger partial charge in [-0.25, -0.2) is 4.39 Å². The molecule has 84 valence electrons. The summed E-state index contributed by atoms with van der Waals surface area (Å²) in [4.78, 5) is 3.96. The number of benzene rings is 1. The Bertz CT molecular complexity index is 545. The van der Waals surface area contributed by atoms with Gasteiger partial charge in [0.2, 0.25) is 0 Å². The summed E-state index contributed by atoms with van der Waals surface area (Å²) >= 11 is 2.11. The summed E-state index contributed by atoms with van der Waals surface area (Å²) < 4.78 is 25.0. The van der Waals surface area contributed by atoms with Crippen LogP contribution in [0.4, 0.5) is 4.39 Å². The number of rotatable bonds is 2. The Labute approximate surface area is 106 Å². The Morgan fingerprint density at radius 3 is 2.56 bits per heavy atom. The zero-order chi connectivity index (χ0) is 11.7. The molecule has 0 N–H and O–H groups in total. The molecular formula is C11H9FINO2. The van der Waals surface area contributed by atoms with Gasteiger partial charge in [0, 0.05) is 26.7 Å². The van der Waals surface area contributed by atoms with Crippen molar-refractivity contribution in [2.24, 2.45) is 0 Å². The van der Waals surface area contributed by atoms with Crippen LogP contribution in [-0.4, -0.2) is 19.2 Å². The number of methoxy groups -OCH3 is 2. The molecule has 0 unspecified atom stereocenters. The second kappa shape index (κ2) is 4.40. The molecule has 0 atom stereocenters. The number of fused-ring (bicyclic) bond motifs is 1. The van der Waals surface area contributed by atoms with Crippen LogP contribution in [0.2, 0.25) is 0 Å². The maximum Gasteiger partial charge on any atom is 0.197 e. The van der Waals surface area contributed by atoms with Crippen molar-refractivity contribution in [3.05, 3.63) is 27.8 Å². The van der Waals surface area contributed by atoms with Crippen molar-refractivity contribution in [1.29, 1.82) is 0 Å². The fraction of sp³-hybridized carbons (Fsp3) is 0.182. The van der Waals surface area contributed by atoms with Crippen LogP contribution in [0.3, 0.4) is 0 Å². The average molecular weight is 333 g/mol. The van der Waals surface area contributed by atoms with Gasteiger partial charge in [-0.15, -0.1) is 0 Å². The number of pyridine rings is 1. The van der Waals surface area contributed by atoms with E-state index in [9.17, 15) is 4.39 Å². The van der Waals surface area contributed by atoms with Gasteiger partial charge in [0.1, 0.15) is 0 Å². The molecule has 5 heteroatoms. The van der Waals surface area contributed by atoms with E-state index in [0.717, 1.165) is 8.96 Å². The van der Waals surface area contributed by atoms with Crippen LogP contribution in [0.5, 0.6) is 11.5 Å². The average Bonchev–Trinajstić information content (AvgIpc) is 2.30. The molecule has 0 aliphatic carbocycles. The van der Waals surface area contributed by atoms with Crippen molar-refractivity contribution in [3.8, 4) is 11.5 Å². The van der Waals surface area contributed by atoms with E-state index in [1.807, 2.05) is 0 Å². The predicted molar refractivity (Wildman–Crippen MR) is 67.5 cm³/mol. The Morgan fingerprint density at radius 2 is 1.94 bits per heavy atom. The number of nitrogens with zero attached hydrogens (tertiary/aromatic N) is 1. The zero-order valence-corrected chi connectivity index (χ0v) is 10.9. The summed E-state index contributed by atoms with van der Waals surface area (Å²) in [6, 6.07) is 1.75. The Kier molecular flexibility index (Phi) is 3.13. The van der Waals surface area contributed by atoms with Gasteiger partial charge in [-0.3, -0.25) is 4.98 Å². The molecular weight excluding hydrogens is 324 g/mol. The second-order valence-corrected chi connectivity index (χ2v) is 4.30. The lowest BCUT2D eigenvalue weighted by atomic mass is 10.1. The van der Waals surface area contributed by atoms with Crippen LogP contribution < -0.4 is 9.47 Å². The molecule has 1 aromatic carbocycles. The van der Waals surface area contributed by atoms with Crippen molar-refractivity contribution < 1.29 is 13.9 Å². The summed E-state index contributed by atoms with van der Waals surface area (Å²) in [7, 11) is 2.89. The van der Waals surface area contributed by atoms with E-state index in [-0.39, 0.29) is 5.75 Å². The quantitative estimate of drug-likeness (QED) is 0.792. The van der Waals surface area contributed by atoms with Crippen LogP contribution in [0.15, 0.2) is 18.5 Å². The van der Waals surface area contributed by atoms with Gasteiger partial charge >= 0.3 is 0 Å². The molecule has 2 aromatic rings. The number of halogens is 2. The molecule has 0 bridgehead atoms. The molecule has 0 saturated carbocycles. The number of hydrogen-bond acceptors (Lipinski definition) is 3. The van der Waals surface area contributed by atoms with E-state index in [1.165, 1.54) is 20.4 Å². The maximum absolute atomic E-state index is 14.0. The lowest BCUT2D eigenvalue weighted by molar-refractivity contribution is 0.339. The van der Waals surface area contributed by atoms with Gasteiger partial charge in [-0.05, 0) is 28.7 Å². The highest BCUT2D eigenvalue weighted by Crippen LogP contribution is 2.36. The molecule has 1 heterocycles. The molecule has 0 spiro atoms. The normalized spacial score (nSPS) is 10.5. The van der Waals surface area contributed by atoms with Crippen molar-refractivity contribution in [3.63, 3.8) is 0 Å². The largest absolute Gasteiger partial charge is 0.493 e. The first-order chi connectivity index (χ1) is 7.69. The molecule has 1 aromatic heterocycles. The number of aromatic nitrogens is 1. The molecule has 0 radical (unpaired) electrons. The lowest BCUT2D eigenvalue weighted by Crippen LogP contribution is -1.96. The van der Waals surface area contributed by atoms with E-state index in [2.05, 4.69) is 27.6 Å². The van der Waals surface area contributed by atoms with Crippen LogP contribution in [0, 0.1) is 9.39 Å². The van der Waals surface area contributed by atoms with E-state index in [0.29, 0.717) is 11.1 Å². The molecule has 3 nitrogen and oxygen atoms in total. The monoisotopic (exact) mass is 333 g/mol. The minimum atomic E-state index is -0.442. The van der Waals surface area contributed by atoms with Crippen LogP contribution in [0.25, 0.3) is 10.8 Å². The summed E-state index contributed by atoms with van der Waals surface area (Å²) in [5.74, 6) is 0.0540. The molecule has 0 saturated heterocycles. The second-order valence-electron chi connectivity index (χ2n) is 3.14. The van der Waals surface area contributed by atoms with Crippen molar-refractivity contribution in [2.75, 3.05) is 14.2 Å². The highest BCUT2D eigenvalue weighted by atomic mass is 127. The Hall–Kier alpha value is -1.11. The minimum absolute atomic E-state index is 0.110. The van der Waals surface area contributed by atoms with Crippen LogP contribution in [-0.2, 0) is 0 Å². The molecule has 0 amide bonds. The van der Waals surface area contributed by atoms with E-state index >= 15 is 0 Å². The molecule has 16 heavy (non-hydrogen) atoms. The fourth-order valence-electron chi connectivity index (χ4n) is 1.54. The van der Waals surface area contributed by atoms with Gasteiger partial charge in [0.05, 0.1) is 14.2 Å². The SMILES string of the molecule is COc1cc2c(I)cncc2c(F)c1OC. The van der Waals surface area contributed by atoms with E-state index in [1.54, 1.807) is 12.3 Å². The van der Waals surface area contributed by atoms with E-state index in [4.69, 9.17) is 9.47 Å². The Morgan fingerprint density at radius 1 is 1.19 bits per heavy atom. The first-order valence-electron chi connectivity index (χ1n) is 4.52. The van der Waals surface area contributed by atoms with Gasteiger partial charge in [0.15, 0.2) is 17.3 Å². The first-order valence-corrected chi connectivity index (χ1v) is 5.60. The van der Waals surface area contributed by atoms with Crippen LogP contribution >= 0.6 is 22.6 Å². The summed E-state index contributed by atoms with van der Waals surface area (Å²) in [5, 5.41) is 1.20. The summed E-state index contributed by atoms with van der Waals surface area (Å²) in [6.45, 7) is 0. The highest BCUT2D eigenvalue weighted by Gasteiger charge is 2.16. The van der Waals surface area contributed by atoms with Crippen molar-refractivity contribution >= 4 is 33.4 Å². The van der Waals surface area contributed by atoms with Gasteiger partial charge in [-0.2, -0.15) is 0 Å². The molecule has 0 fully saturated rings. The highest BCUT2D eigenvalue weighted by molar-refractivity contribution is 14.1. The zero-order valence-electron chi connectivity index (χ0n) is 8.75. The van der Waals surface area contributed by atoms with Crippen molar-refractivity contribution in [2.45, 2.75) is 0 Å². The maximum atomic E-state index is 14.0. The van der Waals surface area contributed by atoms with Gasteiger partial charge in [-0.1, -0.05) is 0 Å². The molecule has 0 aliphatic heterocycles. The molecule has 2 rings (SSSR count). The Balaban J connectivity index is 2.87. The third-order valence-corrected chi connectivity index (χ3v) is 3.16. The number of ether oxygens (including phenoxy) is 2. The third-order valence-electron chi connectivity index (χ3n) is 2.30. The van der Waals surface area contributed by atoms with Crippen molar-refractivity contribution in [1.82, 2.24) is 4.98 Å². The minimum Gasteiger partial charge on any atom is -0.493 e. The standard InChI is InChI=1S/C11H9FINO2/c1-15-9-3-6-7(4-14-5-8(6)13)10(12)11(9)16-2/h3-5H,1-2H3. The summed E-state index contributed by atoms with van der Waals surface area (Å²) in [5.41, 5.74) is 0. The third kappa shape index (κ3) is 1.68. The molecule has 0 aliphatic rings. The number of hydrogen-bond donors (Lipinski definition) is 0.